The molecule has 0 aromatic heterocycles. The van der Waals surface area contributed by atoms with Crippen LogP contribution in [0, 0.1) is 3.57 Å². The van der Waals surface area contributed by atoms with E-state index >= 15 is 0 Å². The lowest BCUT2D eigenvalue weighted by molar-refractivity contribution is -0.127. The average Bonchev–Trinajstić information content (AvgIpc) is 2.29. The van der Waals surface area contributed by atoms with Crippen LogP contribution in [0.5, 0.6) is 5.75 Å². The summed E-state index contributed by atoms with van der Waals surface area (Å²) in [6, 6.07) is 7.56. The summed E-state index contributed by atoms with van der Waals surface area (Å²) in [4.78, 5) is 11.5. The summed E-state index contributed by atoms with van der Waals surface area (Å²) in [7, 11) is 0. The molecule has 0 bridgehead atoms. The van der Waals surface area contributed by atoms with Gasteiger partial charge in [0.05, 0.1) is 0 Å². The lowest BCUT2D eigenvalue weighted by atomic mass is 10.3. The maximum absolute atomic E-state index is 11.5. The molecule has 1 unspecified atom stereocenters. The minimum atomic E-state index is -0.500. The van der Waals surface area contributed by atoms with Gasteiger partial charge in [0.25, 0.3) is 5.91 Å². The summed E-state index contributed by atoms with van der Waals surface area (Å²) in [6.45, 7) is 5.71. The number of rotatable bonds is 5. The molecule has 3 nitrogen and oxygen atoms in total. The van der Waals surface area contributed by atoms with Crippen molar-refractivity contribution < 1.29 is 9.53 Å². The average molecular weight is 331 g/mol. The van der Waals surface area contributed by atoms with Crippen LogP contribution >= 0.6 is 22.6 Å². The maximum Gasteiger partial charge on any atom is 0.261 e. The van der Waals surface area contributed by atoms with Crippen LogP contribution in [0.25, 0.3) is 0 Å². The van der Waals surface area contributed by atoms with Crippen molar-refractivity contribution in [1.82, 2.24) is 5.32 Å². The molecule has 0 aliphatic rings. The number of benzene rings is 1. The smallest absolute Gasteiger partial charge is 0.261 e. The summed E-state index contributed by atoms with van der Waals surface area (Å²) in [6.07, 6.45) is 1.13. The largest absolute Gasteiger partial charge is 0.481 e. The van der Waals surface area contributed by atoms with Crippen molar-refractivity contribution in [2.45, 2.75) is 13.0 Å². The Morgan fingerprint density at radius 3 is 2.75 bits per heavy atom. The number of ether oxygens (including phenoxy) is 1. The Labute approximate surface area is 109 Å². The lowest BCUT2D eigenvalue weighted by Crippen LogP contribution is -2.36. The second kappa shape index (κ2) is 6.52. The standard InChI is InChI=1S/C12H14INO2/c1-3-8-14-12(15)9(2)16-11-6-4-10(13)5-7-11/h3-7,9H,1,8H2,2H3,(H,14,15). The van der Waals surface area contributed by atoms with Crippen molar-refractivity contribution >= 4 is 28.5 Å². The molecule has 4 heteroatoms. The fourth-order valence-electron chi connectivity index (χ4n) is 1.09. The third kappa shape index (κ3) is 4.22. The molecule has 1 rings (SSSR count). The molecular weight excluding hydrogens is 317 g/mol. The van der Waals surface area contributed by atoms with E-state index in [1.165, 1.54) is 0 Å². The fraction of sp³-hybridized carbons (Fsp3) is 0.250. The zero-order chi connectivity index (χ0) is 12.0. The highest BCUT2D eigenvalue weighted by Gasteiger charge is 2.13. The van der Waals surface area contributed by atoms with Crippen molar-refractivity contribution in [1.29, 1.82) is 0 Å². The van der Waals surface area contributed by atoms with Crippen LogP contribution < -0.4 is 10.1 Å². The molecule has 0 aliphatic carbocycles. The van der Waals surface area contributed by atoms with E-state index in [-0.39, 0.29) is 5.91 Å². The van der Waals surface area contributed by atoms with Crippen molar-refractivity contribution in [3.63, 3.8) is 0 Å². The van der Waals surface area contributed by atoms with Crippen molar-refractivity contribution in [2.75, 3.05) is 6.54 Å². The topological polar surface area (TPSA) is 38.3 Å². The number of halogens is 1. The van der Waals surface area contributed by atoms with Crippen LogP contribution in [0.15, 0.2) is 36.9 Å². The maximum atomic E-state index is 11.5. The molecule has 0 saturated carbocycles. The molecule has 0 aliphatic heterocycles. The van der Waals surface area contributed by atoms with Gasteiger partial charge in [-0.1, -0.05) is 6.08 Å². The number of nitrogens with one attached hydrogen (secondary N) is 1. The first-order chi connectivity index (χ1) is 7.63. The molecule has 86 valence electrons. The first kappa shape index (κ1) is 13.0. The quantitative estimate of drug-likeness (QED) is 0.665. The van der Waals surface area contributed by atoms with E-state index in [1.807, 2.05) is 24.3 Å². The van der Waals surface area contributed by atoms with Crippen molar-refractivity contribution in [3.05, 3.63) is 40.5 Å². The van der Waals surface area contributed by atoms with E-state index in [1.54, 1.807) is 13.0 Å². The molecule has 1 aromatic carbocycles. The summed E-state index contributed by atoms with van der Waals surface area (Å²) in [5.41, 5.74) is 0. The molecule has 0 radical (unpaired) electrons. The Morgan fingerprint density at radius 2 is 2.19 bits per heavy atom. The molecule has 0 heterocycles. The predicted molar refractivity (Wildman–Crippen MR) is 72.5 cm³/mol. The lowest BCUT2D eigenvalue weighted by Gasteiger charge is -2.13. The number of carbonyl (C=O) groups excluding carboxylic acids is 1. The first-order valence-electron chi connectivity index (χ1n) is 4.94. The SMILES string of the molecule is C=CCNC(=O)C(C)Oc1ccc(I)cc1. The third-order valence-electron chi connectivity index (χ3n) is 1.92. The van der Waals surface area contributed by atoms with Gasteiger partial charge >= 0.3 is 0 Å². The van der Waals surface area contributed by atoms with Gasteiger partial charge in [-0.2, -0.15) is 0 Å². The van der Waals surface area contributed by atoms with E-state index in [9.17, 15) is 4.79 Å². The highest BCUT2D eigenvalue weighted by Crippen LogP contribution is 2.14. The Kier molecular flexibility index (Phi) is 5.31. The Balaban J connectivity index is 2.50. The van der Waals surface area contributed by atoms with Gasteiger partial charge in [-0.05, 0) is 53.8 Å². The van der Waals surface area contributed by atoms with Gasteiger partial charge < -0.3 is 10.1 Å². The van der Waals surface area contributed by atoms with Crippen LogP contribution in [-0.4, -0.2) is 18.6 Å². The molecule has 0 fully saturated rings. The van der Waals surface area contributed by atoms with Crippen molar-refractivity contribution in [2.24, 2.45) is 0 Å². The molecular formula is C12H14INO2. The van der Waals surface area contributed by atoms with E-state index in [0.29, 0.717) is 12.3 Å². The third-order valence-corrected chi connectivity index (χ3v) is 2.64. The zero-order valence-corrected chi connectivity index (χ0v) is 11.2. The number of amides is 1. The summed E-state index contributed by atoms with van der Waals surface area (Å²) >= 11 is 2.22. The van der Waals surface area contributed by atoms with Crippen LogP contribution in [0.2, 0.25) is 0 Å². The summed E-state index contributed by atoms with van der Waals surface area (Å²) in [5.74, 6) is 0.556. The van der Waals surface area contributed by atoms with Crippen LogP contribution in [0.1, 0.15) is 6.92 Å². The van der Waals surface area contributed by atoms with Crippen LogP contribution in [-0.2, 0) is 4.79 Å². The fourth-order valence-corrected chi connectivity index (χ4v) is 1.45. The van der Waals surface area contributed by atoms with Gasteiger partial charge in [0.2, 0.25) is 0 Å². The van der Waals surface area contributed by atoms with Gasteiger partial charge in [0, 0.05) is 10.1 Å². The predicted octanol–water partition coefficient (Wildman–Crippen LogP) is 2.36. The van der Waals surface area contributed by atoms with Gasteiger partial charge in [-0.15, -0.1) is 6.58 Å². The molecule has 0 saturated heterocycles. The number of carbonyl (C=O) groups is 1. The second-order valence-electron chi connectivity index (χ2n) is 3.25. The highest BCUT2D eigenvalue weighted by molar-refractivity contribution is 14.1. The summed E-state index contributed by atoms with van der Waals surface area (Å²) < 4.78 is 6.61. The van der Waals surface area contributed by atoms with Gasteiger partial charge in [0.15, 0.2) is 6.10 Å². The second-order valence-corrected chi connectivity index (χ2v) is 4.49. The van der Waals surface area contributed by atoms with Gasteiger partial charge in [0.1, 0.15) is 5.75 Å². The van der Waals surface area contributed by atoms with Gasteiger partial charge in [-0.3, -0.25) is 4.79 Å². The van der Waals surface area contributed by atoms with E-state index in [2.05, 4.69) is 34.5 Å². The number of hydrogen-bond donors (Lipinski definition) is 1. The molecule has 1 atom stereocenters. The van der Waals surface area contributed by atoms with E-state index in [0.717, 1.165) is 3.57 Å². The molecule has 16 heavy (non-hydrogen) atoms. The van der Waals surface area contributed by atoms with Crippen LogP contribution in [0.4, 0.5) is 0 Å². The van der Waals surface area contributed by atoms with Crippen molar-refractivity contribution in [3.8, 4) is 5.75 Å². The van der Waals surface area contributed by atoms with E-state index < -0.39 is 6.10 Å². The highest BCUT2D eigenvalue weighted by atomic mass is 127. The Bertz CT molecular complexity index is 362. The zero-order valence-electron chi connectivity index (χ0n) is 9.07. The molecule has 1 aromatic rings. The van der Waals surface area contributed by atoms with Crippen LogP contribution in [0.3, 0.4) is 0 Å². The number of hydrogen-bond acceptors (Lipinski definition) is 2. The van der Waals surface area contributed by atoms with E-state index in [4.69, 9.17) is 4.74 Å². The Morgan fingerprint density at radius 1 is 1.56 bits per heavy atom. The monoisotopic (exact) mass is 331 g/mol. The minimum Gasteiger partial charge on any atom is -0.481 e. The van der Waals surface area contributed by atoms with Gasteiger partial charge in [-0.25, -0.2) is 0 Å². The molecule has 1 N–H and O–H groups in total. The normalized spacial score (nSPS) is 11.6. The first-order valence-corrected chi connectivity index (χ1v) is 6.02. The molecule has 0 spiro atoms. The Hall–Kier alpha value is -1.04. The molecule has 1 amide bonds. The summed E-state index contributed by atoms with van der Waals surface area (Å²) in [5, 5.41) is 2.68. The minimum absolute atomic E-state index is 0.140.